The first-order chi connectivity index (χ1) is 12.2. The highest BCUT2D eigenvalue weighted by atomic mass is 32.2. The molecule has 0 aliphatic rings. The van der Waals surface area contributed by atoms with Gasteiger partial charge in [0.25, 0.3) is 5.91 Å². The second-order valence-electron chi connectivity index (χ2n) is 5.39. The van der Waals surface area contributed by atoms with Gasteiger partial charge in [0.2, 0.25) is 10.0 Å². The minimum atomic E-state index is -3.64. The number of ether oxygens (including phenoxy) is 1. The number of sulfonamides is 1. The number of esters is 1. The lowest BCUT2D eigenvalue weighted by atomic mass is 10.3. The summed E-state index contributed by atoms with van der Waals surface area (Å²) in [5.41, 5.74) is 0.250. The number of benzene rings is 1. The number of rotatable bonds is 6. The zero-order valence-corrected chi connectivity index (χ0v) is 14.9. The lowest BCUT2D eigenvalue weighted by molar-refractivity contribution is -0.605. The maximum absolute atomic E-state index is 12.1. The Balaban J connectivity index is 1.99. The molecule has 0 spiro atoms. The third-order valence-electron chi connectivity index (χ3n) is 3.24. The fourth-order valence-corrected chi connectivity index (χ4v) is 2.88. The minimum absolute atomic E-state index is 0.00868. The van der Waals surface area contributed by atoms with E-state index in [-0.39, 0.29) is 16.1 Å². The van der Waals surface area contributed by atoms with E-state index in [4.69, 9.17) is 4.74 Å². The molecule has 1 heterocycles. The van der Waals surface area contributed by atoms with Crippen molar-refractivity contribution in [3.8, 4) is 0 Å². The van der Waals surface area contributed by atoms with Gasteiger partial charge in [-0.05, 0) is 24.3 Å². The Morgan fingerprint density at radius 3 is 2.62 bits per heavy atom. The molecule has 0 saturated carbocycles. The zero-order chi connectivity index (χ0) is 19.3. The lowest BCUT2D eigenvalue weighted by Gasteiger charge is -2.12. The van der Waals surface area contributed by atoms with Gasteiger partial charge in [0.1, 0.15) is 5.56 Å². The van der Waals surface area contributed by atoms with Gasteiger partial charge in [-0.2, -0.15) is 4.73 Å². The van der Waals surface area contributed by atoms with Crippen molar-refractivity contribution in [2.75, 3.05) is 26.0 Å². The number of pyridine rings is 1. The molecule has 1 N–H and O–H groups in total. The number of carbonyl (C=O) groups is 2. The van der Waals surface area contributed by atoms with Gasteiger partial charge in [0.05, 0.1) is 4.90 Å². The average molecular weight is 379 g/mol. The summed E-state index contributed by atoms with van der Waals surface area (Å²) in [4.78, 5) is 23.7. The van der Waals surface area contributed by atoms with Crippen LogP contribution in [0.2, 0.25) is 0 Å². The molecule has 1 aromatic carbocycles. The first kappa shape index (κ1) is 19.3. The number of nitrogens with one attached hydrogen (secondary N) is 1. The monoisotopic (exact) mass is 379 g/mol. The van der Waals surface area contributed by atoms with Crippen LogP contribution < -0.4 is 10.0 Å². The maximum atomic E-state index is 12.1. The van der Waals surface area contributed by atoms with Gasteiger partial charge in [-0.3, -0.25) is 4.79 Å². The molecule has 0 bridgehead atoms. The zero-order valence-electron chi connectivity index (χ0n) is 14.1. The van der Waals surface area contributed by atoms with Crippen molar-refractivity contribution in [2.45, 2.75) is 4.90 Å². The molecular weight excluding hydrogens is 362 g/mol. The molecule has 0 aliphatic heterocycles. The van der Waals surface area contributed by atoms with E-state index < -0.39 is 28.5 Å². The van der Waals surface area contributed by atoms with Crippen LogP contribution in [-0.2, 0) is 19.6 Å². The molecule has 0 aliphatic carbocycles. The molecule has 0 fully saturated rings. The summed E-state index contributed by atoms with van der Waals surface area (Å²) in [6.45, 7) is -0.586. The maximum Gasteiger partial charge on any atom is 0.344 e. The number of hydrogen-bond donors (Lipinski definition) is 1. The molecule has 0 unspecified atom stereocenters. The third kappa shape index (κ3) is 4.77. The number of hydrogen-bond acceptors (Lipinski definition) is 6. The summed E-state index contributed by atoms with van der Waals surface area (Å²) in [6, 6.07) is 8.44. The van der Waals surface area contributed by atoms with Crippen LogP contribution >= 0.6 is 0 Å². The fraction of sp³-hybridized carbons (Fsp3) is 0.188. The number of anilines is 1. The van der Waals surface area contributed by atoms with E-state index in [2.05, 4.69) is 5.32 Å². The van der Waals surface area contributed by atoms with Crippen molar-refractivity contribution in [2.24, 2.45) is 0 Å². The second kappa shape index (κ2) is 7.93. The van der Waals surface area contributed by atoms with Crippen LogP contribution in [0.1, 0.15) is 10.4 Å². The molecular formula is C16H17N3O6S. The van der Waals surface area contributed by atoms with Crippen LogP contribution in [0.15, 0.2) is 53.7 Å². The molecule has 1 aromatic heterocycles. The number of carbonyl (C=O) groups excluding carboxylic acids is 2. The smallest absolute Gasteiger partial charge is 0.344 e. The third-order valence-corrected chi connectivity index (χ3v) is 5.05. The molecule has 1 amide bonds. The van der Waals surface area contributed by atoms with Crippen LogP contribution in [0.3, 0.4) is 0 Å². The van der Waals surface area contributed by atoms with Gasteiger partial charge in [-0.15, -0.1) is 0 Å². The number of amides is 1. The molecule has 138 valence electrons. The summed E-state index contributed by atoms with van der Waals surface area (Å²) in [7, 11) is -0.840. The van der Waals surface area contributed by atoms with Crippen molar-refractivity contribution < 1.29 is 27.5 Å². The van der Waals surface area contributed by atoms with Crippen molar-refractivity contribution in [3.63, 3.8) is 0 Å². The molecule has 0 atom stereocenters. The highest BCUT2D eigenvalue weighted by Gasteiger charge is 2.18. The fourth-order valence-electron chi connectivity index (χ4n) is 1.93. The molecule has 26 heavy (non-hydrogen) atoms. The predicted octanol–water partition coefficient (Wildman–Crippen LogP) is 0.366. The van der Waals surface area contributed by atoms with E-state index in [0.29, 0.717) is 4.73 Å². The van der Waals surface area contributed by atoms with Crippen LogP contribution in [-0.4, -0.2) is 45.3 Å². The number of aromatic nitrogens is 1. The van der Waals surface area contributed by atoms with E-state index in [9.17, 15) is 23.2 Å². The van der Waals surface area contributed by atoms with E-state index in [1.54, 1.807) is 0 Å². The van der Waals surface area contributed by atoms with Gasteiger partial charge in [-0.25, -0.2) is 17.5 Å². The summed E-state index contributed by atoms with van der Waals surface area (Å²) in [6.07, 6.45) is 2.23. The summed E-state index contributed by atoms with van der Waals surface area (Å²) in [5, 5.41) is 13.6. The van der Waals surface area contributed by atoms with Gasteiger partial charge in [-0.1, -0.05) is 6.07 Å². The molecule has 10 heteroatoms. The van der Waals surface area contributed by atoms with E-state index in [1.165, 1.54) is 56.7 Å². The summed E-state index contributed by atoms with van der Waals surface area (Å²) < 4.78 is 30.5. The predicted molar refractivity (Wildman–Crippen MR) is 91.6 cm³/mol. The van der Waals surface area contributed by atoms with Gasteiger partial charge >= 0.3 is 5.97 Å². The molecule has 0 radical (unpaired) electrons. The first-order valence-electron chi connectivity index (χ1n) is 7.38. The van der Waals surface area contributed by atoms with Crippen LogP contribution in [0.4, 0.5) is 5.69 Å². The molecule has 2 rings (SSSR count). The van der Waals surface area contributed by atoms with E-state index in [0.717, 1.165) is 10.5 Å². The normalized spacial score (nSPS) is 11.2. The average Bonchev–Trinajstić information content (AvgIpc) is 2.59. The Bertz CT molecular complexity index is 927. The molecule has 0 saturated heterocycles. The van der Waals surface area contributed by atoms with Crippen LogP contribution in [0, 0.1) is 5.21 Å². The largest absolute Gasteiger partial charge is 0.619 e. The van der Waals surface area contributed by atoms with E-state index in [1.807, 2.05) is 0 Å². The topological polar surface area (TPSA) is 120 Å². The highest BCUT2D eigenvalue weighted by Crippen LogP contribution is 2.17. The Hall–Kier alpha value is -2.98. The van der Waals surface area contributed by atoms with Crippen molar-refractivity contribution in [1.29, 1.82) is 0 Å². The SMILES string of the molecule is CN(C)S(=O)(=O)c1cccc(NC(=O)COC(=O)c2ccc[n+]([O-])c2)c1. The Morgan fingerprint density at radius 1 is 1.23 bits per heavy atom. The standard InChI is InChI=1S/C16H17N3O6S/c1-18(2)26(23,24)14-7-3-6-13(9-14)17-15(20)11-25-16(21)12-5-4-8-19(22)10-12/h3-10H,11H2,1-2H3,(H,17,20). The quantitative estimate of drug-likeness (QED) is 0.440. The minimum Gasteiger partial charge on any atom is -0.619 e. The van der Waals surface area contributed by atoms with Crippen molar-refractivity contribution in [3.05, 3.63) is 59.6 Å². The van der Waals surface area contributed by atoms with Gasteiger partial charge in [0, 0.05) is 25.8 Å². The Labute approximate surface area is 150 Å². The van der Waals surface area contributed by atoms with Crippen LogP contribution in [0.5, 0.6) is 0 Å². The van der Waals surface area contributed by atoms with Crippen molar-refractivity contribution in [1.82, 2.24) is 4.31 Å². The second-order valence-corrected chi connectivity index (χ2v) is 7.54. The first-order valence-corrected chi connectivity index (χ1v) is 8.82. The van der Waals surface area contributed by atoms with Crippen molar-refractivity contribution >= 4 is 27.6 Å². The Kier molecular flexibility index (Phi) is 5.90. The summed E-state index contributed by atoms with van der Waals surface area (Å²) >= 11 is 0. The molecule has 9 nitrogen and oxygen atoms in total. The molecule has 2 aromatic rings. The Morgan fingerprint density at radius 2 is 1.96 bits per heavy atom. The van der Waals surface area contributed by atoms with Gasteiger partial charge in [0.15, 0.2) is 19.0 Å². The highest BCUT2D eigenvalue weighted by molar-refractivity contribution is 7.89. The van der Waals surface area contributed by atoms with Crippen LogP contribution in [0.25, 0.3) is 0 Å². The van der Waals surface area contributed by atoms with E-state index >= 15 is 0 Å². The summed E-state index contributed by atoms with van der Waals surface area (Å²) in [5.74, 6) is -1.47. The van der Waals surface area contributed by atoms with Gasteiger partial charge < -0.3 is 15.3 Å². The lowest BCUT2D eigenvalue weighted by Crippen LogP contribution is -2.27. The number of nitrogens with zero attached hydrogens (tertiary/aromatic N) is 2.